The second-order valence-electron chi connectivity index (χ2n) is 6.89. The van der Waals surface area contributed by atoms with E-state index in [0.717, 1.165) is 55.6 Å². The van der Waals surface area contributed by atoms with E-state index in [1.54, 1.807) is 18.2 Å². The SMILES string of the molecule is Cc1ccc(C)c(NC(=O)c2cccc(C(=O)N3CCCCCC3)n2)c1. The number of aryl methyl sites for hydroxylation is 2. The normalized spacial score (nSPS) is 14.6. The fourth-order valence-corrected chi connectivity index (χ4v) is 3.17. The second kappa shape index (κ2) is 8.13. The van der Waals surface area contributed by atoms with Crippen molar-refractivity contribution in [1.29, 1.82) is 0 Å². The highest BCUT2D eigenvalue weighted by molar-refractivity contribution is 6.04. The molecule has 0 radical (unpaired) electrons. The summed E-state index contributed by atoms with van der Waals surface area (Å²) < 4.78 is 0. The Morgan fingerprint density at radius 2 is 1.65 bits per heavy atom. The number of nitrogens with zero attached hydrogens (tertiary/aromatic N) is 2. The van der Waals surface area contributed by atoms with Gasteiger partial charge in [-0.2, -0.15) is 0 Å². The number of pyridine rings is 1. The van der Waals surface area contributed by atoms with Crippen LogP contribution in [-0.2, 0) is 0 Å². The highest BCUT2D eigenvalue weighted by Gasteiger charge is 2.20. The number of aromatic nitrogens is 1. The first-order chi connectivity index (χ1) is 12.5. The van der Waals surface area contributed by atoms with Gasteiger partial charge in [0.15, 0.2) is 0 Å². The van der Waals surface area contributed by atoms with Gasteiger partial charge >= 0.3 is 0 Å². The summed E-state index contributed by atoms with van der Waals surface area (Å²) in [6.45, 7) is 5.45. The van der Waals surface area contributed by atoms with Crippen LogP contribution in [0.25, 0.3) is 0 Å². The highest BCUT2D eigenvalue weighted by Crippen LogP contribution is 2.18. The van der Waals surface area contributed by atoms with E-state index in [4.69, 9.17) is 0 Å². The van der Waals surface area contributed by atoms with E-state index in [2.05, 4.69) is 10.3 Å². The van der Waals surface area contributed by atoms with E-state index in [1.807, 2.05) is 36.9 Å². The van der Waals surface area contributed by atoms with Gasteiger partial charge in [0, 0.05) is 18.8 Å². The molecular weight excluding hydrogens is 326 g/mol. The number of carbonyl (C=O) groups excluding carboxylic acids is 2. The first-order valence-corrected chi connectivity index (χ1v) is 9.19. The van der Waals surface area contributed by atoms with Gasteiger partial charge in [-0.25, -0.2) is 4.98 Å². The molecule has 0 atom stereocenters. The Hall–Kier alpha value is -2.69. The molecule has 5 nitrogen and oxygen atoms in total. The van der Waals surface area contributed by atoms with E-state index in [9.17, 15) is 9.59 Å². The molecule has 0 unspecified atom stereocenters. The third-order valence-electron chi connectivity index (χ3n) is 4.74. The van der Waals surface area contributed by atoms with E-state index >= 15 is 0 Å². The molecule has 0 spiro atoms. The van der Waals surface area contributed by atoms with Crippen molar-refractivity contribution in [1.82, 2.24) is 9.88 Å². The van der Waals surface area contributed by atoms with Gasteiger partial charge in [0.25, 0.3) is 11.8 Å². The van der Waals surface area contributed by atoms with Gasteiger partial charge in [-0.15, -0.1) is 0 Å². The molecule has 1 fully saturated rings. The summed E-state index contributed by atoms with van der Waals surface area (Å²) >= 11 is 0. The topological polar surface area (TPSA) is 62.3 Å². The molecule has 2 amide bonds. The summed E-state index contributed by atoms with van der Waals surface area (Å²) in [6.07, 6.45) is 4.38. The average Bonchev–Trinajstić information content (AvgIpc) is 2.93. The first-order valence-electron chi connectivity index (χ1n) is 9.19. The lowest BCUT2D eigenvalue weighted by Gasteiger charge is -2.19. The molecule has 1 aromatic heterocycles. The van der Waals surface area contributed by atoms with E-state index in [-0.39, 0.29) is 17.5 Å². The molecule has 1 aliphatic rings. The van der Waals surface area contributed by atoms with Crippen molar-refractivity contribution in [2.75, 3.05) is 18.4 Å². The zero-order valence-electron chi connectivity index (χ0n) is 15.4. The monoisotopic (exact) mass is 351 g/mol. The first kappa shape index (κ1) is 18.1. The zero-order chi connectivity index (χ0) is 18.5. The quantitative estimate of drug-likeness (QED) is 0.910. The lowest BCUT2D eigenvalue weighted by atomic mass is 10.1. The molecular formula is C21H25N3O2. The number of benzene rings is 1. The molecule has 0 bridgehead atoms. The van der Waals surface area contributed by atoms with Crippen molar-refractivity contribution in [2.24, 2.45) is 0 Å². The summed E-state index contributed by atoms with van der Waals surface area (Å²) in [5, 5.41) is 2.90. The molecule has 26 heavy (non-hydrogen) atoms. The van der Waals surface area contributed by atoms with E-state index in [1.165, 1.54) is 0 Å². The Labute approximate surface area is 154 Å². The van der Waals surface area contributed by atoms with Crippen LogP contribution in [0.4, 0.5) is 5.69 Å². The Morgan fingerprint density at radius 3 is 2.38 bits per heavy atom. The van der Waals surface area contributed by atoms with E-state index < -0.39 is 0 Å². The van der Waals surface area contributed by atoms with Gasteiger partial charge in [0.05, 0.1) is 0 Å². The summed E-state index contributed by atoms with van der Waals surface area (Å²) in [6, 6.07) is 10.9. The van der Waals surface area contributed by atoms with Crippen molar-refractivity contribution < 1.29 is 9.59 Å². The number of nitrogens with one attached hydrogen (secondary N) is 1. The number of hydrogen-bond acceptors (Lipinski definition) is 3. The molecule has 1 N–H and O–H groups in total. The summed E-state index contributed by atoms with van der Waals surface area (Å²) in [4.78, 5) is 31.5. The van der Waals surface area contributed by atoms with Crippen LogP contribution in [-0.4, -0.2) is 34.8 Å². The number of anilines is 1. The van der Waals surface area contributed by atoms with Crippen molar-refractivity contribution in [3.05, 3.63) is 58.9 Å². The molecule has 2 heterocycles. The Morgan fingerprint density at radius 1 is 0.962 bits per heavy atom. The predicted molar refractivity (Wildman–Crippen MR) is 102 cm³/mol. The molecule has 136 valence electrons. The van der Waals surface area contributed by atoms with Crippen molar-refractivity contribution in [3.8, 4) is 0 Å². The van der Waals surface area contributed by atoms with Gasteiger partial charge in [-0.3, -0.25) is 9.59 Å². The standard InChI is InChI=1S/C21H25N3O2/c1-15-10-11-16(2)19(14-15)23-20(25)17-8-7-9-18(22-17)21(26)24-12-5-3-4-6-13-24/h7-11,14H,3-6,12-13H2,1-2H3,(H,23,25). The Balaban J connectivity index is 1.76. The maximum atomic E-state index is 12.7. The van der Waals surface area contributed by atoms with Crippen LogP contribution >= 0.6 is 0 Å². The van der Waals surface area contributed by atoms with Crippen LogP contribution in [0.1, 0.15) is 57.8 Å². The second-order valence-corrected chi connectivity index (χ2v) is 6.89. The minimum atomic E-state index is -0.302. The van der Waals surface area contributed by atoms with Crippen LogP contribution in [0.5, 0.6) is 0 Å². The van der Waals surface area contributed by atoms with Gasteiger partial charge in [0.1, 0.15) is 11.4 Å². The summed E-state index contributed by atoms with van der Waals surface area (Å²) in [5.74, 6) is -0.391. The van der Waals surface area contributed by atoms with Crippen LogP contribution in [0.15, 0.2) is 36.4 Å². The largest absolute Gasteiger partial charge is 0.337 e. The lowest BCUT2D eigenvalue weighted by Crippen LogP contribution is -2.32. The predicted octanol–water partition coefficient (Wildman–Crippen LogP) is 3.97. The van der Waals surface area contributed by atoms with Crippen LogP contribution in [0.3, 0.4) is 0 Å². The minimum Gasteiger partial charge on any atom is -0.337 e. The maximum Gasteiger partial charge on any atom is 0.274 e. The fraction of sp³-hybridized carbons (Fsp3) is 0.381. The van der Waals surface area contributed by atoms with Crippen LogP contribution < -0.4 is 5.32 Å². The highest BCUT2D eigenvalue weighted by atomic mass is 16.2. The van der Waals surface area contributed by atoms with Gasteiger partial charge in [-0.1, -0.05) is 31.0 Å². The van der Waals surface area contributed by atoms with Gasteiger partial charge in [0.2, 0.25) is 0 Å². The van der Waals surface area contributed by atoms with Crippen LogP contribution in [0, 0.1) is 13.8 Å². The number of amides is 2. The summed E-state index contributed by atoms with van der Waals surface area (Å²) in [5.41, 5.74) is 3.41. The minimum absolute atomic E-state index is 0.0895. The molecule has 0 aliphatic carbocycles. The molecule has 0 saturated carbocycles. The summed E-state index contributed by atoms with van der Waals surface area (Å²) in [7, 11) is 0. The molecule has 3 rings (SSSR count). The molecule has 2 aromatic rings. The lowest BCUT2D eigenvalue weighted by molar-refractivity contribution is 0.0755. The zero-order valence-corrected chi connectivity index (χ0v) is 15.4. The molecule has 1 saturated heterocycles. The van der Waals surface area contributed by atoms with Crippen LogP contribution in [0.2, 0.25) is 0 Å². The molecule has 1 aromatic carbocycles. The van der Waals surface area contributed by atoms with Gasteiger partial charge in [-0.05, 0) is 56.0 Å². The Bertz CT molecular complexity index is 809. The third kappa shape index (κ3) is 4.28. The smallest absolute Gasteiger partial charge is 0.274 e. The number of hydrogen-bond donors (Lipinski definition) is 1. The van der Waals surface area contributed by atoms with Gasteiger partial charge < -0.3 is 10.2 Å². The Kier molecular flexibility index (Phi) is 5.66. The van der Waals surface area contributed by atoms with Crippen molar-refractivity contribution in [3.63, 3.8) is 0 Å². The maximum absolute atomic E-state index is 12.7. The fourth-order valence-electron chi connectivity index (χ4n) is 3.17. The molecule has 5 heteroatoms. The van der Waals surface area contributed by atoms with E-state index in [0.29, 0.717) is 5.69 Å². The number of rotatable bonds is 3. The van der Waals surface area contributed by atoms with Crippen molar-refractivity contribution >= 4 is 17.5 Å². The average molecular weight is 351 g/mol. The number of likely N-dealkylation sites (tertiary alicyclic amines) is 1. The molecule has 1 aliphatic heterocycles. The van der Waals surface area contributed by atoms with Crippen molar-refractivity contribution in [2.45, 2.75) is 39.5 Å². The number of carbonyl (C=O) groups is 2. The third-order valence-corrected chi connectivity index (χ3v) is 4.74.